The van der Waals surface area contributed by atoms with Crippen LogP contribution in [0.15, 0.2) is 54.9 Å². The van der Waals surface area contributed by atoms with Gasteiger partial charge >= 0.3 is 5.97 Å². The molecule has 3 aromatic heterocycles. The van der Waals surface area contributed by atoms with Crippen molar-refractivity contribution in [3.63, 3.8) is 0 Å². The summed E-state index contributed by atoms with van der Waals surface area (Å²) in [6, 6.07) is 12.3. The van der Waals surface area contributed by atoms with Crippen molar-refractivity contribution in [2.75, 3.05) is 12.4 Å². The van der Waals surface area contributed by atoms with Gasteiger partial charge in [0.05, 0.1) is 23.2 Å². The molecule has 4 aromatic rings. The van der Waals surface area contributed by atoms with Crippen molar-refractivity contribution in [3.05, 3.63) is 82.1 Å². The molecule has 172 valence electrons. The Labute approximate surface area is 199 Å². The number of aromatic nitrogens is 3. The van der Waals surface area contributed by atoms with E-state index in [1.54, 1.807) is 43.8 Å². The molecule has 0 bridgehead atoms. The van der Waals surface area contributed by atoms with E-state index < -0.39 is 11.6 Å². The molecule has 3 heterocycles. The van der Waals surface area contributed by atoms with Gasteiger partial charge < -0.3 is 20.3 Å². The molecule has 1 aliphatic carbocycles. The molecule has 1 aromatic carbocycles. The van der Waals surface area contributed by atoms with Crippen LogP contribution < -0.4 is 10.1 Å². The number of rotatable bonds is 6. The molecular weight excluding hydrogens is 452 g/mol. The Kier molecular flexibility index (Phi) is 5.51. The van der Waals surface area contributed by atoms with Gasteiger partial charge in [0.15, 0.2) is 0 Å². The SMILES string of the molecule is COc1ccnc(Nc2cc(C)cc(-c3cnc([C@@]4(O)CCc5cc(C(=O)O)ccc54)s3)n2)c1. The summed E-state index contributed by atoms with van der Waals surface area (Å²) in [5.41, 5.74) is 2.27. The van der Waals surface area contributed by atoms with Gasteiger partial charge in [0.25, 0.3) is 0 Å². The Morgan fingerprint density at radius 3 is 2.79 bits per heavy atom. The molecule has 34 heavy (non-hydrogen) atoms. The number of hydrogen-bond donors (Lipinski definition) is 3. The number of ether oxygens (including phenoxy) is 1. The first-order valence-corrected chi connectivity index (χ1v) is 11.5. The number of anilines is 2. The van der Waals surface area contributed by atoms with Crippen LogP contribution in [0.5, 0.6) is 5.75 Å². The van der Waals surface area contributed by atoms with Crippen molar-refractivity contribution in [1.82, 2.24) is 15.0 Å². The fourth-order valence-electron chi connectivity index (χ4n) is 4.19. The van der Waals surface area contributed by atoms with Crippen LogP contribution in [0.25, 0.3) is 10.6 Å². The number of pyridine rings is 2. The van der Waals surface area contributed by atoms with Crippen molar-refractivity contribution in [2.24, 2.45) is 0 Å². The Morgan fingerprint density at radius 1 is 1.15 bits per heavy atom. The summed E-state index contributed by atoms with van der Waals surface area (Å²) in [5, 5.41) is 24.5. The normalized spacial score (nSPS) is 16.8. The number of carboxylic acid groups (broad SMARTS) is 1. The smallest absolute Gasteiger partial charge is 0.335 e. The van der Waals surface area contributed by atoms with Gasteiger partial charge in [-0.15, -0.1) is 11.3 Å². The Hall–Kier alpha value is -3.82. The van der Waals surface area contributed by atoms with Gasteiger partial charge in [-0.25, -0.2) is 19.7 Å². The number of aryl methyl sites for hydroxylation is 2. The summed E-state index contributed by atoms with van der Waals surface area (Å²) >= 11 is 1.38. The molecule has 1 aliphatic rings. The Morgan fingerprint density at radius 2 is 2.00 bits per heavy atom. The highest BCUT2D eigenvalue weighted by Crippen LogP contribution is 2.45. The summed E-state index contributed by atoms with van der Waals surface area (Å²) < 4.78 is 5.25. The first-order chi connectivity index (χ1) is 16.4. The second-order valence-corrected chi connectivity index (χ2v) is 9.22. The molecule has 0 unspecified atom stereocenters. The standard InChI is InChI=1S/C25H22N4O4S/c1-14-9-19(28-22(10-14)29-21-12-17(33-2)6-8-26-21)20-13-27-24(34-20)25(32)7-5-15-11-16(23(30)31)3-4-18(15)25/h3-4,6,8-13,32H,5,7H2,1-2H3,(H,30,31)(H,26,28,29)/t25-/m1/s1. The summed E-state index contributed by atoms with van der Waals surface area (Å²) in [6.07, 6.45) is 4.42. The summed E-state index contributed by atoms with van der Waals surface area (Å²) in [7, 11) is 1.60. The van der Waals surface area contributed by atoms with Crippen LogP contribution in [0.3, 0.4) is 0 Å². The predicted octanol–water partition coefficient (Wildman–Crippen LogP) is 4.54. The van der Waals surface area contributed by atoms with E-state index in [0.29, 0.717) is 40.8 Å². The number of aliphatic hydroxyl groups is 1. The molecule has 0 radical (unpaired) electrons. The van der Waals surface area contributed by atoms with E-state index in [2.05, 4.69) is 15.3 Å². The number of carbonyl (C=O) groups is 1. The van der Waals surface area contributed by atoms with E-state index in [1.165, 1.54) is 17.4 Å². The van der Waals surface area contributed by atoms with E-state index in [1.807, 2.05) is 19.1 Å². The van der Waals surface area contributed by atoms with Crippen molar-refractivity contribution in [1.29, 1.82) is 0 Å². The summed E-state index contributed by atoms with van der Waals surface area (Å²) in [5.74, 6) is 0.967. The van der Waals surface area contributed by atoms with E-state index in [9.17, 15) is 15.0 Å². The fraction of sp³-hybridized carbons (Fsp3) is 0.200. The van der Waals surface area contributed by atoms with E-state index in [4.69, 9.17) is 9.72 Å². The molecule has 0 aliphatic heterocycles. The van der Waals surface area contributed by atoms with Crippen LogP contribution in [0.4, 0.5) is 11.6 Å². The lowest BCUT2D eigenvalue weighted by molar-refractivity contribution is 0.0695. The monoisotopic (exact) mass is 474 g/mol. The van der Waals surface area contributed by atoms with Crippen LogP contribution in [0.1, 0.15) is 38.5 Å². The molecule has 5 rings (SSSR count). The maximum Gasteiger partial charge on any atom is 0.335 e. The molecule has 0 fully saturated rings. The van der Waals surface area contributed by atoms with E-state index in [-0.39, 0.29) is 5.56 Å². The quantitative estimate of drug-likeness (QED) is 0.373. The predicted molar refractivity (Wildman–Crippen MR) is 129 cm³/mol. The second kappa shape index (κ2) is 8.51. The molecule has 3 N–H and O–H groups in total. The van der Waals surface area contributed by atoms with Gasteiger partial charge in [0, 0.05) is 18.5 Å². The highest BCUT2D eigenvalue weighted by Gasteiger charge is 2.41. The van der Waals surface area contributed by atoms with Crippen LogP contribution in [-0.4, -0.2) is 38.2 Å². The van der Waals surface area contributed by atoms with Gasteiger partial charge in [-0.3, -0.25) is 0 Å². The second-order valence-electron chi connectivity index (χ2n) is 8.19. The number of carboxylic acids is 1. The minimum Gasteiger partial charge on any atom is -0.497 e. The Bertz CT molecular complexity index is 1400. The number of hydrogen-bond acceptors (Lipinski definition) is 8. The molecule has 0 saturated carbocycles. The summed E-state index contributed by atoms with van der Waals surface area (Å²) in [4.78, 5) is 25.7. The average molecular weight is 475 g/mol. The summed E-state index contributed by atoms with van der Waals surface area (Å²) in [6.45, 7) is 1.98. The highest BCUT2D eigenvalue weighted by atomic mass is 32.1. The lowest BCUT2D eigenvalue weighted by Crippen LogP contribution is -2.23. The third-order valence-corrected chi connectivity index (χ3v) is 7.03. The van der Waals surface area contributed by atoms with E-state index in [0.717, 1.165) is 21.7 Å². The lowest BCUT2D eigenvalue weighted by atomic mass is 9.96. The number of benzene rings is 1. The topological polar surface area (TPSA) is 117 Å². The number of thiazole rings is 1. The molecule has 0 amide bonds. The van der Waals surface area contributed by atoms with Gasteiger partial charge in [0.1, 0.15) is 28.0 Å². The van der Waals surface area contributed by atoms with Crippen molar-refractivity contribution < 1.29 is 19.7 Å². The zero-order valence-corrected chi connectivity index (χ0v) is 19.4. The minimum absolute atomic E-state index is 0.220. The molecule has 8 nitrogen and oxygen atoms in total. The van der Waals surface area contributed by atoms with Gasteiger partial charge in [-0.2, -0.15) is 0 Å². The maximum absolute atomic E-state index is 11.5. The van der Waals surface area contributed by atoms with Crippen molar-refractivity contribution in [2.45, 2.75) is 25.4 Å². The minimum atomic E-state index is -1.25. The lowest BCUT2D eigenvalue weighted by Gasteiger charge is -2.21. The molecular formula is C25H22N4O4S. The average Bonchev–Trinajstić information content (AvgIpc) is 3.45. The third kappa shape index (κ3) is 4.00. The van der Waals surface area contributed by atoms with E-state index >= 15 is 0 Å². The van der Waals surface area contributed by atoms with Gasteiger partial charge in [0.2, 0.25) is 0 Å². The highest BCUT2D eigenvalue weighted by molar-refractivity contribution is 7.15. The number of methoxy groups -OCH3 is 1. The number of nitrogens with one attached hydrogen (secondary N) is 1. The van der Waals surface area contributed by atoms with Crippen LogP contribution in [0.2, 0.25) is 0 Å². The first-order valence-electron chi connectivity index (χ1n) is 10.7. The van der Waals surface area contributed by atoms with Crippen LogP contribution in [0, 0.1) is 6.92 Å². The molecule has 0 saturated heterocycles. The largest absolute Gasteiger partial charge is 0.497 e. The van der Waals surface area contributed by atoms with Crippen LogP contribution in [-0.2, 0) is 12.0 Å². The first kappa shape index (κ1) is 22.0. The Balaban J connectivity index is 1.45. The fourth-order valence-corrected chi connectivity index (χ4v) is 5.20. The molecule has 0 spiro atoms. The molecule has 1 atom stereocenters. The number of fused-ring (bicyclic) bond motifs is 1. The third-order valence-electron chi connectivity index (χ3n) is 5.86. The molecule has 9 heteroatoms. The number of aromatic carboxylic acids is 1. The zero-order valence-electron chi connectivity index (χ0n) is 18.6. The maximum atomic E-state index is 11.5. The van der Waals surface area contributed by atoms with Gasteiger partial charge in [-0.1, -0.05) is 6.07 Å². The van der Waals surface area contributed by atoms with Crippen molar-refractivity contribution in [3.8, 4) is 16.3 Å². The van der Waals surface area contributed by atoms with Crippen molar-refractivity contribution >= 4 is 28.9 Å². The zero-order chi connectivity index (χ0) is 23.9. The van der Waals surface area contributed by atoms with Gasteiger partial charge in [-0.05, 0) is 66.8 Å². The number of nitrogens with zero attached hydrogens (tertiary/aromatic N) is 3. The van der Waals surface area contributed by atoms with Crippen LogP contribution >= 0.6 is 11.3 Å².